The summed E-state index contributed by atoms with van der Waals surface area (Å²) in [5, 5.41) is 12.2. The third-order valence-electron chi connectivity index (χ3n) is 8.69. The molecular formula is C29H32N4O3. The number of nitrogens with zero attached hydrogens (tertiary/aromatic N) is 2. The Labute approximate surface area is 210 Å². The molecule has 0 unspecified atom stereocenters. The van der Waals surface area contributed by atoms with Gasteiger partial charge in [0.2, 0.25) is 0 Å². The molecule has 0 spiro atoms. The van der Waals surface area contributed by atoms with Crippen molar-refractivity contribution in [3.8, 4) is 11.4 Å². The fourth-order valence-corrected chi connectivity index (χ4v) is 7.55. The minimum atomic E-state index is -1.03. The highest BCUT2D eigenvalue weighted by atomic mass is 16.4. The number of aromatic carboxylic acids is 1. The molecule has 7 rings (SSSR count). The van der Waals surface area contributed by atoms with Crippen LogP contribution in [0.4, 0.5) is 5.69 Å². The van der Waals surface area contributed by atoms with Gasteiger partial charge in [0.25, 0.3) is 5.91 Å². The Bertz CT molecular complexity index is 1290. The van der Waals surface area contributed by atoms with Crippen LogP contribution >= 0.6 is 0 Å². The first-order chi connectivity index (χ1) is 17.4. The summed E-state index contributed by atoms with van der Waals surface area (Å²) in [7, 11) is 0. The molecule has 4 fully saturated rings. The van der Waals surface area contributed by atoms with Gasteiger partial charge < -0.3 is 15.4 Å². The number of hydrogen-bond acceptors (Lipinski definition) is 4. The van der Waals surface area contributed by atoms with Crippen LogP contribution in [0.3, 0.4) is 0 Å². The number of aryl methyl sites for hydroxylation is 2. The van der Waals surface area contributed by atoms with E-state index in [0.29, 0.717) is 22.6 Å². The first-order valence-electron chi connectivity index (χ1n) is 13.0. The zero-order valence-electron chi connectivity index (χ0n) is 20.6. The van der Waals surface area contributed by atoms with Gasteiger partial charge >= 0.3 is 5.97 Å². The molecular weight excluding hydrogens is 452 g/mol. The van der Waals surface area contributed by atoms with Gasteiger partial charge in [0, 0.05) is 28.8 Å². The number of aromatic nitrogens is 3. The smallest absolute Gasteiger partial charge is 0.335 e. The van der Waals surface area contributed by atoms with Crippen molar-refractivity contribution in [2.75, 3.05) is 5.32 Å². The van der Waals surface area contributed by atoms with Crippen molar-refractivity contribution in [1.29, 1.82) is 0 Å². The van der Waals surface area contributed by atoms with Crippen LogP contribution in [0.25, 0.3) is 11.4 Å². The average Bonchev–Trinajstić information content (AvgIpc) is 3.27. The molecule has 186 valence electrons. The minimum absolute atomic E-state index is 0.128. The monoisotopic (exact) mass is 484 g/mol. The molecule has 4 bridgehead atoms. The first kappa shape index (κ1) is 23.0. The first-order valence-corrected chi connectivity index (χ1v) is 13.0. The zero-order valence-corrected chi connectivity index (χ0v) is 20.6. The Balaban J connectivity index is 1.29. The van der Waals surface area contributed by atoms with Crippen LogP contribution in [0.15, 0.2) is 42.6 Å². The van der Waals surface area contributed by atoms with E-state index >= 15 is 0 Å². The molecule has 1 amide bonds. The number of aromatic amines is 1. The van der Waals surface area contributed by atoms with E-state index < -0.39 is 5.97 Å². The van der Waals surface area contributed by atoms with Crippen LogP contribution in [0.2, 0.25) is 0 Å². The molecule has 2 heterocycles. The maximum atomic E-state index is 13.4. The number of amides is 1. The van der Waals surface area contributed by atoms with Crippen LogP contribution in [-0.2, 0) is 6.42 Å². The lowest BCUT2D eigenvalue weighted by atomic mass is 9.48. The van der Waals surface area contributed by atoms with Gasteiger partial charge in [-0.3, -0.25) is 9.78 Å². The zero-order chi connectivity index (χ0) is 24.9. The van der Waals surface area contributed by atoms with Crippen LogP contribution < -0.4 is 5.32 Å². The summed E-state index contributed by atoms with van der Waals surface area (Å²) in [6.45, 7) is 1.93. The van der Waals surface area contributed by atoms with E-state index in [0.717, 1.165) is 47.5 Å². The Morgan fingerprint density at radius 2 is 1.81 bits per heavy atom. The number of carboxylic acid groups (broad SMARTS) is 1. The van der Waals surface area contributed by atoms with E-state index in [4.69, 9.17) is 4.98 Å². The van der Waals surface area contributed by atoms with Crippen molar-refractivity contribution in [3.05, 3.63) is 65.2 Å². The van der Waals surface area contributed by atoms with Crippen LogP contribution in [0.5, 0.6) is 0 Å². The number of hydrogen-bond donors (Lipinski definition) is 3. The molecule has 1 aromatic carbocycles. The van der Waals surface area contributed by atoms with Crippen LogP contribution in [-0.4, -0.2) is 31.9 Å². The van der Waals surface area contributed by atoms with E-state index in [1.54, 1.807) is 18.3 Å². The Kier molecular flexibility index (Phi) is 5.66. The molecule has 2 aromatic heterocycles. The second kappa shape index (κ2) is 8.87. The maximum Gasteiger partial charge on any atom is 0.335 e. The largest absolute Gasteiger partial charge is 0.478 e. The fourth-order valence-electron chi connectivity index (χ4n) is 7.55. The van der Waals surface area contributed by atoms with Crippen molar-refractivity contribution >= 4 is 17.6 Å². The quantitative estimate of drug-likeness (QED) is 0.388. The van der Waals surface area contributed by atoms with Gasteiger partial charge in [-0.25, -0.2) is 9.78 Å². The summed E-state index contributed by atoms with van der Waals surface area (Å²) in [5.41, 5.74) is 3.90. The molecule has 0 atom stereocenters. The standard InChI is InChI=1S/C29H32N4O3/c1-17-23(6-3-9-30-17)26-32-24(7-8-29-14-18-10-19(15-29)12-20(11-18)16-29)25(33-26)27(34)31-22-5-2-4-21(13-22)28(35)36/h2-6,9,13,18-20H,7-8,10-12,14-16H2,1H3,(H,31,34)(H,32,33)(H,35,36). The van der Waals surface area contributed by atoms with Gasteiger partial charge in [0.15, 0.2) is 0 Å². The summed E-state index contributed by atoms with van der Waals surface area (Å²) in [6.07, 6.45) is 11.8. The van der Waals surface area contributed by atoms with E-state index in [1.807, 2.05) is 19.1 Å². The lowest BCUT2D eigenvalue weighted by Crippen LogP contribution is -2.46. The number of pyridine rings is 1. The molecule has 36 heavy (non-hydrogen) atoms. The Morgan fingerprint density at radius 1 is 1.08 bits per heavy atom. The fraction of sp³-hybridized carbons (Fsp3) is 0.448. The minimum Gasteiger partial charge on any atom is -0.478 e. The second-order valence-electron chi connectivity index (χ2n) is 11.3. The molecule has 4 aliphatic rings. The number of carboxylic acids is 1. The second-order valence-corrected chi connectivity index (χ2v) is 11.3. The number of carbonyl (C=O) groups is 2. The molecule has 0 radical (unpaired) electrons. The topological polar surface area (TPSA) is 108 Å². The summed E-state index contributed by atoms with van der Waals surface area (Å²) >= 11 is 0. The van der Waals surface area contributed by atoms with Crippen LogP contribution in [0, 0.1) is 30.1 Å². The van der Waals surface area contributed by atoms with Gasteiger partial charge in [-0.05, 0) is 112 Å². The molecule has 4 aliphatic carbocycles. The number of nitrogens with one attached hydrogen (secondary N) is 2. The van der Waals surface area contributed by atoms with Crippen molar-refractivity contribution in [3.63, 3.8) is 0 Å². The highest BCUT2D eigenvalue weighted by Crippen LogP contribution is 2.61. The number of imidazole rings is 1. The van der Waals surface area contributed by atoms with Gasteiger partial charge in [0.05, 0.1) is 5.56 Å². The predicted molar refractivity (Wildman–Crippen MR) is 137 cm³/mol. The molecule has 3 aromatic rings. The number of benzene rings is 1. The lowest BCUT2D eigenvalue weighted by Gasteiger charge is -2.57. The molecule has 0 saturated heterocycles. The van der Waals surface area contributed by atoms with E-state index in [-0.39, 0.29) is 11.5 Å². The lowest BCUT2D eigenvalue weighted by molar-refractivity contribution is -0.0570. The summed E-state index contributed by atoms with van der Waals surface area (Å²) in [4.78, 5) is 37.4. The SMILES string of the molecule is Cc1ncccc1-c1nc(C(=O)Nc2cccc(C(=O)O)c2)c(CCC23CC4CC(CC(C4)C2)C3)[nH]1. The number of anilines is 1. The average molecular weight is 485 g/mol. The maximum absolute atomic E-state index is 13.4. The molecule has 3 N–H and O–H groups in total. The Morgan fingerprint density at radius 3 is 2.47 bits per heavy atom. The summed E-state index contributed by atoms with van der Waals surface area (Å²) in [6, 6.07) is 10.1. The van der Waals surface area contributed by atoms with E-state index in [1.165, 1.54) is 50.7 Å². The van der Waals surface area contributed by atoms with Crippen molar-refractivity contribution < 1.29 is 14.7 Å². The highest BCUT2D eigenvalue weighted by Gasteiger charge is 2.50. The van der Waals surface area contributed by atoms with Gasteiger partial charge in [-0.1, -0.05) is 6.07 Å². The van der Waals surface area contributed by atoms with Crippen molar-refractivity contribution in [1.82, 2.24) is 15.0 Å². The van der Waals surface area contributed by atoms with Gasteiger partial charge in [0.1, 0.15) is 11.5 Å². The third kappa shape index (κ3) is 4.31. The molecule has 4 saturated carbocycles. The summed E-state index contributed by atoms with van der Waals surface area (Å²) < 4.78 is 0. The van der Waals surface area contributed by atoms with Gasteiger partial charge in [-0.15, -0.1) is 0 Å². The van der Waals surface area contributed by atoms with Crippen molar-refractivity contribution in [2.45, 2.75) is 58.3 Å². The third-order valence-corrected chi connectivity index (χ3v) is 8.69. The van der Waals surface area contributed by atoms with Gasteiger partial charge in [-0.2, -0.15) is 0 Å². The normalized spacial score (nSPS) is 26.2. The number of H-pyrrole nitrogens is 1. The number of rotatable bonds is 7. The molecule has 0 aliphatic heterocycles. The van der Waals surface area contributed by atoms with Crippen LogP contribution in [0.1, 0.15) is 77.2 Å². The number of carbonyl (C=O) groups excluding carboxylic acids is 1. The van der Waals surface area contributed by atoms with E-state index in [2.05, 4.69) is 15.3 Å². The predicted octanol–water partition coefficient (Wildman–Crippen LogP) is 5.88. The van der Waals surface area contributed by atoms with Crippen molar-refractivity contribution in [2.24, 2.45) is 23.2 Å². The molecule has 7 heteroatoms. The van der Waals surface area contributed by atoms with E-state index in [9.17, 15) is 14.7 Å². The Hall–Kier alpha value is -3.48. The summed E-state index contributed by atoms with van der Waals surface area (Å²) in [5.74, 6) is 1.94. The highest BCUT2D eigenvalue weighted by molar-refractivity contribution is 6.04. The molecule has 7 nitrogen and oxygen atoms in total.